The molecule has 3 amide bonds. The van der Waals surface area contributed by atoms with Crippen molar-refractivity contribution in [2.24, 2.45) is 17.8 Å². The van der Waals surface area contributed by atoms with Gasteiger partial charge in [-0.2, -0.15) is 0 Å². The third kappa shape index (κ3) is 2.85. The molecule has 2 aliphatic heterocycles. The normalized spacial score (nSPS) is 26.3. The van der Waals surface area contributed by atoms with E-state index in [-0.39, 0.29) is 29.6 Å². The molecule has 0 bridgehead atoms. The Balaban J connectivity index is 1.57. The SMILES string of the molecule is CC1CCN(C(=O)c2cccc(N3C(=O)C4CC=CCC4C3=O)c2)CC1. The smallest absolute Gasteiger partial charge is 0.253 e. The molecule has 2 fully saturated rings. The van der Waals surface area contributed by atoms with E-state index >= 15 is 0 Å². The number of benzene rings is 1. The molecular weight excluding hydrogens is 328 g/mol. The number of likely N-dealkylation sites (tertiary alicyclic amines) is 1. The number of hydrogen-bond acceptors (Lipinski definition) is 3. The summed E-state index contributed by atoms with van der Waals surface area (Å²) in [6.07, 6.45) is 7.24. The molecule has 2 saturated heterocycles. The summed E-state index contributed by atoms with van der Waals surface area (Å²) in [5, 5.41) is 0. The zero-order valence-electron chi connectivity index (χ0n) is 15.1. The second-order valence-electron chi connectivity index (χ2n) is 7.69. The molecule has 136 valence electrons. The van der Waals surface area contributed by atoms with E-state index in [2.05, 4.69) is 6.92 Å². The lowest BCUT2D eigenvalue weighted by Crippen LogP contribution is -2.38. The van der Waals surface area contributed by atoms with Crippen LogP contribution in [0.1, 0.15) is 43.0 Å². The van der Waals surface area contributed by atoms with E-state index in [0.717, 1.165) is 25.9 Å². The van der Waals surface area contributed by atoms with Gasteiger partial charge in [-0.05, 0) is 49.8 Å². The van der Waals surface area contributed by atoms with Gasteiger partial charge in [0.15, 0.2) is 0 Å². The highest BCUT2D eigenvalue weighted by Gasteiger charge is 2.47. The van der Waals surface area contributed by atoms with E-state index in [4.69, 9.17) is 0 Å². The molecule has 1 aromatic carbocycles. The highest BCUT2D eigenvalue weighted by molar-refractivity contribution is 6.22. The first-order valence-electron chi connectivity index (χ1n) is 9.48. The fraction of sp³-hybridized carbons (Fsp3) is 0.476. The predicted molar refractivity (Wildman–Crippen MR) is 98.6 cm³/mol. The van der Waals surface area contributed by atoms with Crippen LogP contribution in [0.15, 0.2) is 36.4 Å². The van der Waals surface area contributed by atoms with Gasteiger partial charge in [-0.15, -0.1) is 0 Å². The first kappa shape index (κ1) is 17.0. The Morgan fingerprint density at radius 1 is 1.00 bits per heavy atom. The summed E-state index contributed by atoms with van der Waals surface area (Å²) in [5.74, 6) is -0.147. The van der Waals surface area contributed by atoms with Crippen LogP contribution in [0, 0.1) is 17.8 Å². The lowest BCUT2D eigenvalue weighted by Gasteiger charge is -2.30. The molecule has 0 spiro atoms. The van der Waals surface area contributed by atoms with Crippen molar-refractivity contribution in [3.05, 3.63) is 42.0 Å². The number of anilines is 1. The topological polar surface area (TPSA) is 57.7 Å². The Kier molecular flexibility index (Phi) is 4.39. The van der Waals surface area contributed by atoms with Crippen molar-refractivity contribution in [1.82, 2.24) is 4.90 Å². The van der Waals surface area contributed by atoms with Crippen molar-refractivity contribution in [2.45, 2.75) is 32.6 Å². The number of hydrogen-bond donors (Lipinski definition) is 0. The fourth-order valence-corrected chi connectivity index (χ4v) is 4.23. The largest absolute Gasteiger partial charge is 0.339 e. The van der Waals surface area contributed by atoms with Crippen molar-refractivity contribution in [3.63, 3.8) is 0 Å². The number of carbonyl (C=O) groups is 3. The second kappa shape index (κ2) is 6.71. The molecule has 26 heavy (non-hydrogen) atoms. The fourth-order valence-electron chi connectivity index (χ4n) is 4.23. The molecule has 1 aromatic rings. The van der Waals surface area contributed by atoms with Gasteiger partial charge < -0.3 is 4.90 Å². The maximum atomic E-state index is 12.8. The summed E-state index contributed by atoms with van der Waals surface area (Å²) in [6, 6.07) is 6.97. The number of rotatable bonds is 2. The Labute approximate surface area is 153 Å². The maximum absolute atomic E-state index is 12.8. The van der Waals surface area contributed by atoms with E-state index in [1.807, 2.05) is 17.1 Å². The minimum atomic E-state index is -0.254. The molecular formula is C21H24N2O3. The summed E-state index contributed by atoms with van der Waals surface area (Å²) in [6.45, 7) is 3.74. The molecule has 0 radical (unpaired) electrons. The molecule has 5 nitrogen and oxygen atoms in total. The summed E-state index contributed by atoms with van der Waals surface area (Å²) < 4.78 is 0. The van der Waals surface area contributed by atoms with E-state index in [1.165, 1.54) is 4.90 Å². The van der Waals surface area contributed by atoms with Crippen molar-refractivity contribution < 1.29 is 14.4 Å². The molecule has 1 aliphatic carbocycles. The molecule has 5 heteroatoms. The van der Waals surface area contributed by atoms with Crippen LogP contribution in [-0.2, 0) is 9.59 Å². The van der Waals surface area contributed by atoms with Crippen LogP contribution in [0.4, 0.5) is 5.69 Å². The number of allylic oxidation sites excluding steroid dienone is 2. The van der Waals surface area contributed by atoms with Crippen molar-refractivity contribution in [1.29, 1.82) is 0 Å². The van der Waals surface area contributed by atoms with Crippen LogP contribution in [0.5, 0.6) is 0 Å². The average Bonchev–Trinajstić information content (AvgIpc) is 2.93. The number of amides is 3. The molecule has 4 rings (SSSR count). The summed E-state index contributed by atoms with van der Waals surface area (Å²) >= 11 is 0. The van der Waals surface area contributed by atoms with Crippen LogP contribution in [0.25, 0.3) is 0 Å². The van der Waals surface area contributed by atoms with Gasteiger partial charge in [0.05, 0.1) is 17.5 Å². The molecule has 0 aromatic heterocycles. The molecule has 3 aliphatic rings. The van der Waals surface area contributed by atoms with Gasteiger partial charge in [0, 0.05) is 18.7 Å². The van der Waals surface area contributed by atoms with Crippen molar-refractivity contribution >= 4 is 23.4 Å². The summed E-state index contributed by atoms with van der Waals surface area (Å²) in [7, 11) is 0. The number of piperidine rings is 1. The van der Waals surface area contributed by atoms with Gasteiger partial charge in [0.2, 0.25) is 11.8 Å². The molecule has 2 unspecified atom stereocenters. The van der Waals surface area contributed by atoms with Crippen LogP contribution >= 0.6 is 0 Å². The summed E-state index contributed by atoms with van der Waals surface area (Å²) in [5.41, 5.74) is 1.07. The highest BCUT2D eigenvalue weighted by Crippen LogP contribution is 2.37. The van der Waals surface area contributed by atoms with Crippen LogP contribution < -0.4 is 4.90 Å². The third-order valence-corrected chi connectivity index (χ3v) is 5.93. The molecule has 2 heterocycles. The van der Waals surface area contributed by atoms with Gasteiger partial charge in [0.25, 0.3) is 5.91 Å². The summed E-state index contributed by atoms with van der Waals surface area (Å²) in [4.78, 5) is 41.5. The first-order valence-corrected chi connectivity index (χ1v) is 9.48. The average molecular weight is 352 g/mol. The van der Waals surface area contributed by atoms with E-state index in [9.17, 15) is 14.4 Å². The zero-order valence-corrected chi connectivity index (χ0v) is 15.1. The number of imide groups is 1. The van der Waals surface area contributed by atoms with Crippen LogP contribution in [0.3, 0.4) is 0 Å². The van der Waals surface area contributed by atoms with Gasteiger partial charge in [-0.1, -0.05) is 25.1 Å². The lowest BCUT2D eigenvalue weighted by molar-refractivity contribution is -0.122. The minimum absolute atomic E-state index is 0.0167. The van der Waals surface area contributed by atoms with Gasteiger partial charge in [-0.3, -0.25) is 19.3 Å². The second-order valence-corrected chi connectivity index (χ2v) is 7.69. The quantitative estimate of drug-likeness (QED) is 0.607. The van der Waals surface area contributed by atoms with E-state index in [0.29, 0.717) is 30.0 Å². The predicted octanol–water partition coefficient (Wildman–Crippen LogP) is 3.01. The monoisotopic (exact) mass is 352 g/mol. The van der Waals surface area contributed by atoms with Gasteiger partial charge >= 0.3 is 0 Å². The Morgan fingerprint density at radius 2 is 1.62 bits per heavy atom. The number of nitrogens with zero attached hydrogens (tertiary/aromatic N) is 2. The molecule has 2 atom stereocenters. The van der Waals surface area contributed by atoms with Gasteiger partial charge in [-0.25, -0.2) is 0 Å². The highest BCUT2D eigenvalue weighted by atomic mass is 16.2. The minimum Gasteiger partial charge on any atom is -0.339 e. The Morgan fingerprint density at radius 3 is 2.23 bits per heavy atom. The van der Waals surface area contributed by atoms with Crippen molar-refractivity contribution in [3.8, 4) is 0 Å². The van der Waals surface area contributed by atoms with E-state index < -0.39 is 0 Å². The third-order valence-electron chi connectivity index (χ3n) is 5.93. The van der Waals surface area contributed by atoms with Gasteiger partial charge in [0.1, 0.15) is 0 Å². The van der Waals surface area contributed by atoms with E-state index in [1.54, 1.807) is 24.3 Å². The maximum Gasteiger partial charge on any atom is 0.253 e. The Hall–Kier alpha value is -2.43. The van der Waals surface area contributed by atoms with Crippen LogP contribution in [-0.4, -0.2) is 35.7 Å². The number of fused-ring (bicyclic) bond motifs is 1. The Bertz CT molecular complexity index is 751. The van der Waals surface area contributed by atoms with Crippen molar-refractivity contribution in [2.75, 3.05) is 18.0 Å². The molecule has 0 saturated carbocycles. The standard InChI is InChI=1S/C21H24N2O3/c1-14-9-11-22(12-10-14)19(24)15-5-4-6-16(13-15)23-20(25)17-7-2-3-8-18(17)21(23)26/h2-6,13-14,17-18H,7-12H2,1H3. The zero-order chi connectivity index (χ0) is 18.3. The lowest BCUT2D eigenvalue weighted by atomic mass is 9.85. The first-order chi connectivity index (χ1) is 12.6. The van der Waals surface area contributed by atoms with Crippen LogP contribution in [0.2, 0.25) is 0 Å². The molecule has 0 N–H and O–H groups in total. The number of carbonyl (C=O) groups excluding carboxylic acids is 3.